The first kappa shape index (κ1) is 14.1. The number of aromatic nitrogens is 1. The minimum Gasteiger partial charge on any atom is -0.313 e. The van der Waals surface area contributed by atoms with Gasteiger partial charge >= 0.3 is 0 Å². The van der Waals surface area contributed by atoms with Gasteiger partial charge in [0.05, 0.1) is 5.01 Å². The number of thioether (sulfide) groups is 1. The molecule has 1 aliphatic heterocycles. The van der Waals surface area contributed by atoms with Crippen molar-refractivity contribution in [3.05, 3.63) is 45.9 Å². The van der Waals surface area contributed by atoms with Gasteiger partial charge in [0.2, 0.25) is 0 Å². The Kier molecular flexibility index (Phi) is 4.44. The fourth-order valence-electron chi connectivity index (χ4n) is 2.72. The number of benzene rings is 1. The molecule has 2 atom stereocenters. The molecule has 2 nitrogen and oxygen atoms in total. The summed E-state index contributed by atoms with van der Waals surface area (Å²) in [5.74, 6) is 0. The average molecular weight is 304 g/mol. The summed E-state index contributed by atoms with van der Waals surface area (Å²) in [6.45, 7) is 5.28. The van der Waals surface area contributed by atoms with Crippen LogP contribution in [-0.2, 0) is 12.8 Å². The van der Waals surface area contributed by atoms with Crippen molar-refractivity contribution in [2.45, 2.75) is 42.9 Å². The highest BCUT2D eigenvalue weighted by atomic mass is 32.2. The summed E-state index contributed by atoms with van der Waals surface area (Å²) in [7, 11) is 0. The molecule has 106 valence electrons. The quantitative estimate of drug-likeness (QED) is 0.912. The number of hydrogen-bond donors (Lipinski definition) is 1. The van der Waals surface area contributed by atoms with Crippen molar-refractivity contribution in [1.29, 1.82) is 0 Å². The third-order valence-corrected chi connectivity index (χ3v) is 6.09. The van der Waals surface area contributed by atoms with Crippen LogP contribution in [0.1, 0.15) is 23.2 Å². The Morgan fingerprint density at radius 3 is 2.95 bits per heavy atom. The molecule has 2 aromatic rings. The van der Waals surface area contributed by atoms with E-state index in [1.165, 1.54) is 21.9 Å². The van der Waals surface area contributed by atoms with Crippen LogP contribution in [-0.4, -0.2) is 22.8 Å². The van der Waals surface area contributed by atoms with E-state index >= 15 is 0 Å². The van der Waals surface area contributed by atoms with Crippen molar-refractivity contribution < 1.29 is 0 Å². The van der Waals surface area contributed by atoms with Gasteiger partial charge < -0.3 is 5.32 Å². The van der Waals surface area contributed by atoms with Gasteiger partial charge in [0, 0.05) is 33.7 Å². The van der Waals surface area contributed by atoms with Crippen LogP contribution in [0.15, 0.2) is 34.5 Å². The summed E-state index contributed by atoms with van der Waals surface area (Å²) < 4.78 is 0. The predicted molar refractivity (Wildman–Crippen MR) is 87.8 cm³/mol. The van der Waals surface area contributed by atoms with Crippen LogP contribution in [0.3, 0.4) is 0 Å². The van der Waals surface area contributed by atoms with Crippen molar-refractivity contribution in [2.24, 2.45) is 0 Å². The number of thiazole rings is 1. The Morgan fingerprint density at radius 2 is 2.25 bits per heavy atom. The minimum atomic E-state index is 0.503. The fraction of sp³-hybridized carbons (Fsp3) is 0.438. The molecule has 1 aromatic carbocycles. The molecule has 0 spiro atoms. The molecule has 4 heteroatoms. The van der Waals surface area contributed by atoms with Crippen LogP contribution in [0.25, 0.3) is 0 Å². The van der Waals surface area contributed by atoms with Crippen molar-refractivity contribution in [3.8, 4) is 0 Å². The van der Waals surface area contributed by atoms with E-state index in [4.69, 9.17) is 0 Å². The molecule has 0 fully saturated rings. The smallest absolute Gasteiger partial charge is 0.0944 e. The predicted octanol–water partition coefficient (Wildman–Crippen LogP) is 3.69. The van der Waals surface area contributed by atoms with Crippen LogP contribution in [0.4, 0.5) is 0 Å². The zero-order valence-corrected chi connectivity index (χ0v) is 13.6. The minimum absolute atomic E-state index is 0.503. The number of aryl methyl sites for hydroxylation is 1. The highest BCUT2D eigenvalue weighted by Gasteiger charge is 2.29. The molecule has 3 rings (SSSR count). The van der Waals surface area contributed by atoms with E-state index in [2.05, 4.69) is 53.8 Å². The standard InChI is InChI=1S/C16H20N2S2/c1-3-17-13(9-16-18-11(2)10-19-16)15-8-12-6-4-5-7-14(12)20-15/h4-7,10,13,15,17H,3,8-9H2,1-2H3. The van der Waals surface area contributed by atoms with Crippen LogP contribution < -0.4 is 5.32 Å². The van der Waals surface area contributed by atoms with E-state index in [0.29, 0.717) is 11.3 Å². The highest BCUT2D eigenvalue weighted by Crippen LogP contribution is 2.39. The van der Waals surface area contributed by atoms with Gasteiger partial charge in [0.25, 0.3) is 0 Å². The second kappa shape index (κ2) is 6.29. The molecule has 2 heterocycles. The molecular weight excluding hydrogens is 284 g/mol. The van der Waals surface area contributed by atoms with E-state index in [9.17, 15) is 0 Å². The highest BCUT2D eigenvalue weighted by molar-refractivity contribution is 8.00. The lowest BCUT2D eigenvalue weighted by Gasteiger charge is -2.22. The van der Waals surface area contributed by atoms with Crippen molar-refractivity contribution in [3.63, 3.8) is 0 Å². The Morgan fingerprint density at radius 1 is 1.40 bits per heavy atom. The molecule has 0 aliphatic carbocycles. The van der Waals surface area contributed by atoms with Gasteiger partial charge in [0.1, 0.15) is 0 Å². The van der Waals surface area contributed by atoms with Crippen LogP contribution in [0.2, 0.25) is 0 Å². The van der Waals surface area contributed by atoms with Gasteiger partial charge in [-0.2, -0.15) is 0 Å². The first-order valence-corrected chi connectivity index (χ1v) is 8.91. The zero-order valence-electron chi connectivity index (χ0n) is 11.9. The maximum Gasteiger partial charge on any atom is 0.0944 e. The van der Waals surface area contributed by atoms with Crippen molar-refractivity contribution >= 4 is 23.1 Å². The van der Waals surface area contributed by atoms with Gasteiger partial charge in [-0.05, 0) is 31.5 Å². The monoisotopic (exact) mass is 304 g/mol. The van der Waals surface area contributed by atoms with Gasteiger partial charge in [0.15, 0.2) is 0 Å². The molecule has 2 unspecified atom stereocenters. The van der Waals surface area contributed by atoms with E-state index in [1.54, 1.807) is 11.3 Å². The number of likely N-dealkylation sites (N-methyl/N-ethyl adjacent to an activating group) is 1. The Hall–Kier alpha value is -0.840. The topological polar surface area (TPSA) is 24.9 Å². The van der Waals surface area contributed by atoms with E-state index in [-0.39, 0.29) is 0 Å². The lowest BCUT2D eigenvalue weighted by atomic mass is 10.0. The fourth-order valence-corrected chi connectivity index (χ4v) is 4.95. The van der Waals surface area contributed by atoms with Gasteiger partial charge in [-0.3, -0.25) is 0 Å². The first-order chi connectivity index (χ1) is 9.76. The Balaban J connectivity index is 1.72. The second-order valence-corrected chi connectivity index (χ2v) is 7.44. The SMILES string of the molecule is CCNC(Cc1nc(C)cs1)C1Cc2ccccc2S1. The largest absolute Gasteiger partial charge is 0.313 e. The summed E-state index contributed by atoms with van der Waals surface area (Å²) >= 11 is 3.81. The maximum absolute atomic E-state index is 4.62. The molecule has 1 N–H and O–H groups in total. The van der Waals surface area contributed by atoms with E-state index < -0.39 is 0 Å². The number of rotatable bonds is 5. The molecule has 0 saturated carbocycles. The van der Waals surface area contributed by atoms with Gasteiger partial charge in [-0.1, -0.05) is 25.1 Å². The van der Waals surface area contributed by atoms with E-state index in [1.807, 2.05) is 11.8 Å². The van der Waals surface area contributed by atoms with Crippen molar-refractivity contribution in [2.75, 3.05) is 6.54 Å². The number of nitrogens with zero attached hydrogens (tertiary/aromatic N) is 1. The average Bonchev–Trinajstić information content (AvgIpc) is 3.04. The Labute approximate surface area is 129 Å². The normalized spacial score (nSPS) is 19.0. The maximum atomic E-state index is 4.62. The molecule has 0 amide bonds. The van der Waals surface area contributed by atoms with Gasteiger partial charge in [-0.25, -0.2) is 4.98 Å². The van der Waals surface area contributed by atoms with Crippen LogP contribution >= 0.6 is 23.1 Å². The number of hydrogen-bond acceptors (Lipinski definition) is 4. The number of fused-ring (bicyclic) bond motifs is 1. The van der Waals surface area contributed by atoms with E-state index in [0.717, 1.165) is 18.7 Å². The molecular formula is C16H20N2S2. The lowest BCUT2D eigenvalue weighted by molar-refractivity contribution is 0.505. The molecule has 1 aliphatic rings. The number of nitrogens with one attached hydrogen (secondary N) is 1. The summed E-state index contributed by atoms with van der Waals surface area (Å²) in [6, 6.07) is 9.30. The molecule has 0 bridgehead atoms. The summed E-state index contributed by atoms with van der Waals surface area (Å²) in [4.78, 5) is 6.08. The molecule has 0 saturated heterocycles. The summed E-state index contributed by atoms with van der Waals surface area (Å²) in [5.41, 5.74) is 2.64. The Bertz CT molecular complexity index is 554. The van der Waals surface area contributed by atoms with Crippen molar-refractivity contribution in [1.82, 2.24) is 10.3 Å². The molecule has 0 radical (unpaired) electrons. The lowest BCUT2D eigenvalue weighted by Crippen LogP contribution is -2.39. The zero-order chi connectivity index (χ0) is 13.9. The third kappa shape index (κ3) is 3.08. The van der Waals surface area contributed by atoms with Crippen LogP contribution in [0, 0.1) is 6.92 Å². The van der Waals surface area contributed by atoms with Crippen LogP contribution in [0.5, 0.6) is 0 Å². The van der Waals surface area contributed by atoms with Gasteiger partial charge in [-0.15, -0.1) is 23.1 Å². The molecule has 1 aromatic heterocycles. The third-order valence-electron chi connectivity index (χ3n) is 3.65. The first-order valence-electron chi connectivity index (χ1n) is 7.15. The second-order valence-electron chi connectivity index (χ2n) is 5.22. The summed E-state index contributed by atoms with van der Waals surface area (Å²) in [6.07, 6.45) is 2.21. The summed E-state index contributed by atoms with van der Waals surface area (Å²) in [5, 5.41) is 7.69. The molecule has 20 heavy (non-hydrogen) atoms.